The van der Waals surface area contributed by atoms with Crippen LogP contribution in [-0.2, 0) is 12.0 Å². The van der Waals surface area contributed by atoms with Gasteiger partial charge in [-0.25, -0.2) is 14.3 Å². The van der Waals surface area contributed by atoms with Crippen LogP contribution in [0.3, 0.4) is 0 Å². The van der Waals surface area contributed by atoms with E-state index in [9.17, 15) is 9.90 Å². The van der Waals surface area contributed by atoms with Gasteiger partial charge in [-0.2, -0.15) is 5.10 Å². The molecule has 5 rings (SSSR count). The summed E-state index contributed by atoms with van der Waals surface area (Å²) in [5.74, 6) is 0.964. The number of anilines is 1. The summed E-state index contributed by atoms with van der Waals surface area (Å²) in [5.41, 5.74) is 2.01. The number of carbonyl (C=O) groups is 1. The molecule has 2 saturated heterocycles. The highest BCUT2D eigenvalue weighted by molar-refractivity contribution is 5.67. The van der Waals surface area contributed by atoms with Gasteiger partial charge in [0.1, 0.15) is 5.82 Å². The van der Waals surface area contributed by atoms with Crippen molar-refractivity contribution < 1.29 is 9.90 Å². The van der Waals surface area contributed by atoms with Gasteiger partial charge in [-0.05, 0) is 37.3 Å². The molecule has 0 radical (unpaired) electrons. The van der Waals surface area contributed by atoms with Crippen LogP contribution in [0.2, 0.25) is 0 Å². The Labute approximate surface area is 169 Å². The average molecular weight is 391 g/mol. The van der Waals surface area contributed by atoms with Crippen LogP contribution in [0.15, 0.2) is 48.7 Å². The molecule has 2 aliphatic heterocycles. The molecular weight excluding hydrogens is 366 g/mol. The highest BCUT2D eigenvalue weighted by Crippen LogP contribution is 2.40. The summed E-state index contributed by atoms with van der Waals surface area (Å²) in [6.07, 6.45) is 5.49. The zero-order chi connectivity index (χ0) is 19.8. The second-order valence-electron chi connectivity index (χ2n) is 8.04. The lowest BCUT2D eigenvalue weighted by Crippen LogP contribution is -2.53. The Balaban J connectivity index is 1.60. The summed E-state index contributed by atoms with van der Waals surface area (Å²) in [6.45, 7) is 2.60. The first-order valence-electron chi connectivity index (χ1n) is 10.3. The van der Waals surface area contributed by atoms with Crippen molar-refractivity contribution in [3.8, 4) is 0 Å². The van der Waals surface area contributed by atoms with Gasteiger partial charge in [-0.1, -0.05) is 30.3 Å². The second-order valence-corrected chi connectivity index (χ2v) is 8.04. The molecule has 0 saturated carbocycles. The number of piperidine rings is 1. The third-order valence-corrected chi connectivity index (χ3v) is 6.28. The quantitative estimate of drug-likeness (QED) is 0.736. The maximum Gasteiger partial charge on any atom is 0.408 e. The van der Waals surface area contributed by atoms with E-state index in [4.69, 9.17) is 10.1 Å². The first-order valence-corrected chi connectivity index (χ1v) is 10.3. The van der Waals surface area contributed by atoms with Gasteiger partial charge in [0, 0.05) is 38.3 Å². The zero-order valence-corrected chi connectivity index (χ0v) is 16.4. The Kier molecular flexibility index (Phi) is 4.38. The fourth-order valence-corrected chi connectivity index (χ4v) is 4.61. The van der Waals surface area contributed by atoms with E-state index in [1.807, 2.05) is 36.5 Å². The summed E-state index contributed by atoms with van der Waals surface area (Å²) in [4.78, 5) is 20.8. The van der Waals surface area contributed by atoms with Crippen LogP contribution in [0.4, 0.5) is 10.6 Å². The molecule has 1 atom stereocenters. The first-order chi connectivity index (χ1) is 14.2. The number of benzene rings is 1. The summed E-state index contributed by atoms with van der Waals surface area (Å²) in [7, 11) is 0. The van der Waals surface area contributed by atoms with Crippen LogP contribution in [0.5, 0.6) is 0 Å². The van der Waals surface area contributed by atoms with Gasteiger partial charge in [0.2, 0.25) is 0 Å². The minimum atomic E-state index is -0.882. The molecule has 1 amide bonds. The Bertz CT molecular complexity index is 1030. The standard InChI is InChI=1S/C22H25N5O2/c28-21(29)26-13-5-4-10-22(26,16-17-7-2-1-3-8-17)18-15-20-23-19(25-11-6-12-25)9-14-27(20)24-18/h1-3,7-9,14-15H,4-6,10-13,16H2,(H,28,29)/t22-/m0/s1. The number of aromatic nitrogens is 3. The van der Waals surface area contributed by atoms with Gasteiger partial charge in [0.15, 0.2) is 5.65 Å². The lowest BCUT2D eigenvalue weighted by atomic mass is 9.79. The molecular formula is C22H25N5O2. The van der Waals surface area contributed by atoms with E-state index >= 15 is 0 Å². The molecule has 2 aliphatic rings. The van der Waals surface area contributed by atoms with Crippen LogP contribution < -0.4 is 4.90 Å². The van der Waals surface area contributed by atoms with Gasteiger partial charge < -0.3 is 10.0 Å². The minimum absolute atomic E-state index is 0.530. The highest BCUT2D eigenvalue weighted by atomic mass is 16.4. The highest BCUT2D eigenvalue weighted by Gasteiger charge is 2.45. The number of hydrogen-bond acceptors (Lipinski definition) is 4. The van der Waals surface area contributed by atoms with E-state index in [0.29, 0.717) is 13.0 Å². The molecule has 2 fully saturated rings. The third kappa shape index (κ3) is 3.10. The molecule has 1 N–H and O–H groups in total. The first kappa shape index (κ1) is 18.0. The van der Waals surface area contributed by atoms with Crippen LogP contribution >= 0.6 is 0 Å². The Morgan fingerprint density at radius 3 is 2.62 bits per heavy atom. The summed E-state index contributed by atoms with van der Waals surface area (Å²) >= 11 is 0. The molecule has 2 aromatic heterocycles. The van der Waals surface area contributed by atoms with Crippen molar-refractivity contribution in [3.05, 3.63) is 59.9 Å². The fourth-order valence-electron chi connectivity index (χ4n) is 4.61. The predicted molar refractivity (Wildman–Crippen MR) is 110 cm³/mol. The number of amides is 1. The van der Waals surface area contributed by atoms with Crippen molar-refractivity contribution in [1.82, 2.24) is 19.5 Å². The van der Waals surface area contributed by atoms with E-state index in [0.717, 1.165) is 55.1 Å². The molecule has 29 heavy (non-hydrogen) atoms. The molecule has 0 unspecified atom stereocenters. The molecule has 3 aromatic rings. The summed E-state index contributed by atoms with van der Waals surface area (Å²) in [6, 6.07) is 14.1. The van der Waals surface area contributed by atoms with Crippen molar-refractivity contribution in [2.45, 2.75) is 37.6 Å². The van der Waals surface area contributed by atoms with E-state index < -0.39 is 11.6 Å². The molecule has 7 nitrogen and oxygen atoms in total. The minimum Gasteiger partial charge on any atom is -0.465 e. The maximum absolute atomic E-state index is 12.2. The van der Waals surface area contributed by atoms with Gasteiger partial charge >= 0.3 is 6.09 Å². The molecule has 7 heteroatoms. The number of likely N-dealkylation sites (tertiary alicyclic amines) is 1. The van der Waals surface area contributed by atoms with E-state index in [-0.39, 0.29) is 0 Å². The largest absolute Gasteiger partial charge is 0.465 e. The second kappa shape index (κ2) is 7.06. The van der Waals surface area contributed by atoms with Crippen LogP contribution in [0.25, 0.3) is 5.65 Å². The number of hydrogen-bond donors (Lipinski definition) is 1. The van der Waals surface area contributed by atoms with E-state index in [1.165, 1.54) is 6.42 Å². The van der Waals surface area contributed by atoms with Gasteiger partial charge in [-0.3, -0.25) is 4.90 Å². The monoisotopic (exact) mass is 391 g/mol. The fraction of sp³-hybridized carbons (Fsp3) is 0.409. The smallest absolute Gasteiger partial charge is 0.408 e. The van der Waals surface area contributed by atoms with Crippen molar-refractivity contribution in [2.75, 3.05) is 24.5 Å². The normalized spacial score (nSPS) is 21.9. The van der Waals surface area contributed by atoms with Crippen molar-refractivity contribution in [1.29, 1.82) is 0 Å². The van der Waals surface area contributed by atoms with Crippen LogP contribution in [-0.4, -0.2) is 50.3 Å². The van der Waals surface area contributed by atoms with Gasteiger partial charge in [0.05, 0.1) is 11.2 Å². The lowest BCUT2D eigenvalue weighted by Gasteiger charge is -2.44. The Morgan fingerprint density at radius 2 is 1.90 bits per heavy atom. The molecule has 150 valence electrons. The Morgan fingerprint density at radius 1 is 1.07 bits per heavy atom. The summed E-state index contributed by atoms with van der Waals surface area (Å²) < 4.78 is 1.78. The van der Waals surface area contributed by atoms with Crippen molar-refractivity contribution >= 4 is 17.6 Å². The average Bonchev–Trinajstić information content (AvgIpc) is 3.12. The Hall–Kier alpha value is -3.09. The molecule has 1 aromatic carbocycles. The lowest BCUT2D eigenvalue weighted by molar-refractivity contribution is 0.0415. The molecule has 4 heterocycles. The predicted octanol–water partition coefficient (Wildman–Crippen LogP) is 3.54. The maximum atomic E-state index is 12.2. The number of nitrogens with zero attached hydrogens (tertiary/aromatic N) is 5. The van der Waals surface area contributed by atoms with Crippen molar-refractivity contribution in [2.24, 2.45) is 0 Å². The van der Waals surface area contributed by atoms with Crippen LogP contribution in [0, 0.1) is 0 Å². The molecule has 0 aliphatic carbocycles. The van der Waals surface area contributed by atoms with E-state index in [2.05, 4.69) is 17.0 Å². The van der Waals surface area contributed by atoms with Gasteiger partial charge in [-0.15, -0.1) is 0 Å². The zero-order valence-electron chi connectivity index (χ0n) is 16.4. The van der Waals surface area contributed by atoms with Crippen molar-refractivity contribution in [3.63, 3.8) is 0 Å². The van der Waals surface area contributed by atoms with E-state index in [1.54, 1.807) is 9.42 Å². The number of fused-ring (bicyclic) bond motifs is 1. The molecule has 0 spiro atoms. The van der Waals surface area contributed by atoms with Gasteiger partial charge in [0.25, 0.3) is 0 Å². The third-order valence-electron chi connectivity index (χ3n) is 6.28. The molecule has 0 bridgehead atoms. The number of rotatable bonds is 4. The summed E-state index contributed by atoms with van der Waals surface area (Å²) in [5, 5.41) is 14.8. The SMILES string of the molecule is O=C(O)N1CCCC[C@]1(Cc1ccccc1)c1cc2nc(N3CCC3)ccn2n1. The number of carboxylic acid groups (broad SMARTS) is 1. The topological polar surface area (TPSA) is 74.0 Å². The van der Waals surface area contributed by atoms with Crippen LogP contribution in [0.1, 0.15) is 36.9 Å².